The van der Waals surface area contributed by atoms with E-state index >= 15 is 0 Å². The molecule has 0 bridgehead atoms. The summed E-state index contributed by atoms with van der Waals surface area (Å²) in [6, 6.07) is 18.8. The molecule has 19 heavy (non-hydrogen) atoms. The van der Waals surface area contributed by atoms with Crippen LogP contribution in [0.15, 0.2) is 54.6 Å². The van der Waals surface area contributed by atoms with Gasteiger partial charge >= 0.3 is 0 Å². The molecule has 0 saturated carbocycles. The summed E-state index contributed by atoms with van der Waals surface area (Å²) in [7, 11) is -0.805. The van der Waals surface area contributed by atoms with E-state index in [1.54, 1.807) is 0 Å². The van der Waals surface area contributed by atoms with E-state index in [4.69, 9.17) is 0 Å². The van der Waals surface area contributed by atoms with E-state index < -0.39 is 10.8 Å². The van der Waals surface area contributed by atoms with Crippen molar-refractivity contribution in [3.63, 3.8) is 0 Å². The molecule has 2 heteroatoms. The van der Waals surface area contributed by atoms with Gasteiger partial charge in [0, 0.05) is 16.6 Å². The SMILES string of the molecule is CC1(Cc2ccccc2)c2ccccc2CCS1=O. The molecule has 98 valence electrons. The maximum Gasteiger partial charge on any atom is 0.0721 e. The van der Waals surface area contributed by atoms with Crippen molar-refractivity contribution < 1.29 is 4.21 Å². The zero-order valence-corrected chi connectivity index (χ0v) is 12.0. The standard InChI is InChI=1S/C17H18OS/c1-17(13-14-7-3-2-4-8-14)16-10-6-5-9-15(16)11-12-19(17)18/h2-10H,11-13H2,1H3. The quantitative estimate of drug-likeness (QED) is 0.817. The normalized spacial score (nSPS) is 25.8. The molecule has 0 saturated heterocycles. The molecule has 3 rings (SSSR count). The summed E-state index contributed by atoms with van der Waals surface area (Å²) < 4.78 is 12.3. The third-order valence-corrected chi connectivity index (χ3v) is 5.97. The molecular weight excluding hydrogens is 252 g/mol. The number of benzene rings is 2. The second-order valence-corrected chi connectivity index (χ2v) is 7.35. The molecule has 1 heterocycles. The van der Waals surface area contributed by atoms with Gasteiger partial charge in [0.1, 0.15) is 0 Å². The Morgan fingerprint density at radius 3 is 2.53 bits per heavy atom. The van der Waals surface area contributed by atoms with Crippen molar-refractivity contribution in [1.29, 1.82) is 0 Å². The molecule has 0 fully saturated rings. The lowest BCUT2D eigenvalue weighted by Crippen LogP contribution is -2.37. The number of aryl methyl sites for hydroxylation is 1. The summed E-state index contributed by atoms with van der Waals surface area (Å²) >= 11 is 0. The molecule has 2 unspecified atom stereocenters. The van der Waals surface area contributed by atoms with E-state index in [0.717, 1.165) is 18.6 Å². The van der Waals surface area contributed by atoms with Crippen LogP contribution in [-0.4, -0.2) is 9.96 Å². The van der Waals surface area contributed by atoms with Crippen molar-refractivity contribution in [3.8, 4) is 0 Å². The van der Waals surface area contributed by atoms with Crippen LogP contribution in [0.3, 0.4) is 0 Å². The van der Waals surface area contributed by atoms with Crippen LogP contribution in [0.2, 0.25) is 0 Å². The van der Waals surface area contributed by atoms with Gasteiger partial charge in [-0.2, -0.15) is 0 Å². The fraction of sp³-hybridized carbons (Fsp3) is 0.294. The van der Waals surface area contributed by atoms with E-state index in [1.165, 1.54) is 16.7 Å². The van der Waals surface area contributed by atoms with Gasteiger partial charge in [0.05, 0.1) is 4.75 Å². The number of fused-ring (bicyclic) bond motifs is 1. The Balaban J connectivity index is 2.04. The fourth-order valence-corrected chi connectivity index (χ4v) is 4.59. The van der Waals surface area contributed by atoms with E-state index in [-0.39, 0.29) is 4.75 Å². The van der Waals surface area contributed by atoms with Crippen molar-refractivity contribution in [2.75, 3.05) is 5.75 Å². The summed E-state index contributed by atoms with van der Waals surface area (Å²) in [4.78, 5) is 0. The predicted octanol–water partition coefficient (Wildman–Crippen LogP) is 3.45. The first kappa shape index (κ1) is 12.6. The molecule has 0 spiro atoms. The molecule has 0 N–H and O–H groups in total. The molecule has 0 radical (unpaired) electrons. The highest BCUT2D eigenvalue weighted by molar-refractivity contribution is 7.86. The molecule has 1 nitrogen and oxygen atoms in total. The van der Waals surface area contributed by atoms with E-state index in [0.29, 0.717) is 0 Å². The van der Waals surface area contributed by atoms with Crippen LogP contribution in [0.5, 0.6) is 0 Å². The van der Waals surface area contributed by atoms with Gasteiger partial charge in [-0.1, -0.05) is 54.6 Å². The first-order valence-corrected chi connectivity index (χ1v) is 8.03. The van der Waals surface area contributed by atoms with Gasteiger partial charge in [0.25, 0.3) is 0 Å². The molecule has 0 amide bonds. The van der Waals surface area contributed by atoms with Crippen LogP contribution in [-0.2, 0) is 28.4 Å². The average Bonchev–Trinajstić information content (AvgIpc) is 2.45. The Labute approximate surface area is 117 Å². The first-order chi connectivity index (χ1) is 9.20. The number of hydrogen-bond acceptors (Lipinski definition) is 1. The molecule has 1 aliphatic heterocycles. The molecule has 0 aromatic heterocycles. The van der Waals surface area contributed by atoms with Gasteiger partial charge in [0.15, 0.2) is 0 Å². The molecule has 2 aromatic rings. The van der Waals surface area contributed by atoms with Crippen molar-refractivity contribution >= 4 is 10.8 Å². The number of rotatable bonds is 2. The summed E-state index contributed by atoms with van der Waals surface area (Å²) in [6.07, 6.45) is 1.78. The largest absolute Gasteiger partial charge is 0.259 e. The van der Waals surface area contributed by atoms with Crippen LogP contribution in [0.4, 0.5) is 0 Å². The molecule has 2 aromatic carbocycles. The highest BCUT2D eigenvalue weighted by atomic mass is 32.2. The van der Waals surface area contributed by atoms with Crippen molar-refractivity contribution in [2.24, 2.45) is 0 Å². The minimum absolute atomic E-state index is 0.254. The van der Waals surface area contributed by atoms with Crippen LogP contribution in [0.25, 0.3) is 0 Å². The van der Waals surface area contributed by atoms with Crippen LogP contribution in [0.1, 0.15) is 23.6 Å². The van der Waals surface area contributed by atoms with Gasteiger partial charge in [0.2, 0.25) is 0 Å². The molecule has 0 aliphatic carbocycles. The first-order valence-electron chi connectivity index (χ1n) is 6.71. The van der Waals surface area contributed by atoms with Crippen LogP contribution in [0, 0.1) is 0 Å². The average molecular weight is 270 g/mol. The Morgan fingerprint density at radius 2 is 1.74 bits per heavy atom. The topological polar surface area (TPSA) is 17.1 Å². The zero-order valence-electron chi connectivity index (χ0n) is 11.1. The summed E-state index contributed by atoms with van der Waals surface area (Å²) in [5.41, 5.74) is 3.89. The Bertz CT molecular complexity index is 606. The molecule has 1 aliphatic rings. The summed E-state index contributed by atoms with van der Waals surface area (Å²) in [6.45, 7) is 2.15. The molecule has 2 atom stereocenters. The third kappa shape index (κ3) is 2.25. The second-order valence-electron chi connectivity index (χ2n) is 5.35. The smallest absolute Gasteiger partial charge is 0.0721 e. The van der Waals surface area contributed by atoms with Gasteiger partial charge in [-0.05, 0) is 36.5 Å². The zero-order chi connectivity index (χ0) is 13.3. The van der Waals surface area contributed by atoms with Gasteiger partial charge in [-0.3, -0.25) is 4.21 Å². The van der Waals surface area contributed by atoms with Crippen molar-refractivity contribution in [1.82, 2.24) is 0 Å². The van der Waals surface area contributed by atoms with Crippen LogP contribution < -0.4 is 0 Å². The Kier molecular flexibility index (Phi) is 3.28. The van der Waals surface area contributed by atoms with Gasteiger partial charge in [-0.15, -0.1) is 0 Å². The summed E-state index contributed by atoms with van der Waals surface area (Å²) in [5.74, 6) is 0.778. The van der Waals surface area contributed by atoms with Gasteiger partial charge < -0.3 is 0 Å². The van der Waals surface area contributed by atoms with E-state index in [9.17, 15) is 4.21 Å². The Hall–Kier alpha value is -1.41. The van der Waals surface area contributed by atoms with Crippen LogP contribution >= 0.6 is 0 Å². The minimum atomic E-state index is -0.805. The fourth-order valence-electron chi connectivity index (χ4n) is 2.97. The lowest BCUT2D eigenvalue weighted by atomic mass is 9.88. The maximum absolute atomic E-state index is 12.6. The predicted molar refractivity (Wildman–Crippen MR) is 80.7 cm³/mol. The lowest BCUT2D eigenvalue weighted by Gasteiger charge is -2.35. The summed E-state index contributed by atoms with van der Waals surface area (Å²) in [5, 5.41) is 0. The van der Waals surface area contributed by atoms with E-state index in [1.807, 2.05) is 6.07 Å². The Morgan fingerprint density at radius 1 is 1.05 bits per heavy atom. The monoisotopic (exact) mass is 270 g/mol. The minimum Gasteiger partial charge on any atom is -0.259 e. The van der Waals surface area contributed by atoms with E-state index in [2.05, 4.69) is 55.5 Å². The lowest BCUT2D eigenvalue weighted by molar-refractivity contribution is 0.597. The maximum atomic E-state index is 12.6. The third-order valence-electron chi connectivity index (χ3n) is 4.03. The van der Waals surface area contributed by atoms with Crippen molar-refractivity contribution in [3.05, 3.63) is 71.3 Å². The second kappa shape index (κ2) is 4.93. The van der Waals surface area contributed by atoms with Crippen molar-refractivity contribution in [2.45, 2.75) is 24.5 Å². The highest BCUT2D eigenvalue weighted by Crippen LogP contribution is 2.38. The molecular formula is C17H18OS. The van der Waals surface area contributed by atoms with Gasteiger partial charge in [-0.25, -0.2) is 0 Å². The highest BCUT2D eigenvalue weighted by Gasteiger charge is 2.38. The number of hydrogen-bond donors (Lipinski definition) is 0.